The topological polar surface area (TPSA) is 72.5 Å². The summed E-state index contributed by atoms with van der Waals surface area (Å²) in [4.78, 5) is 11.3. The fourth-order valence-electron chi connectivity index (χ4n) is 1.88. The summed E-state index contributed by atoms with van der Waals surface area (Å²) < 4.78 is 27.1. The van der Waals surface area contributed by atoms with Gasteiger partial charge in [-0.15, -0.1) is 0 Å². The minimum absolute atomic E-state index is 0.128. The van der Waals surface area contributed by atoms with Crippen LogP contribution in [0.3, 0.4) is 0 Å². The van der Waals surface area contributed by atoms with Gasteiger partial charge in [0.15, 0.2) is 9.84 Å². The lowest BCUT2D eigenvalue weighted by atomic mass is 10.1. The first-order valence-corrected chi connectivity index (χ1v) is 7.32. The molecule has 0 radical (unpaired) electrons. The van der Waals surface area contributed by atoms with Gasteiger partial charge in [0.1, 0.15) is 6.04 Å². The molecule has 0 saturated carbocycles. The largest absolute Gasteiger partial charge is 0.468 e. The third-order valence-electron chi connectivity index (χ3n) is 2.87. The molecular weight excluding hydrogens is 230 g/mol. The van der Waals surface area contributed by atoms with Crippen LogP contribution in [0, 0.1) is 5.92 Å². The van der Waals surface area contributed by atoms with Gasteiger partial charge in [-0.25, -0.2) is 8.42 Å². The van der Waals surface area contributed by atoms with Crippen LogP contribution in [0.1, 0.15) is 19.8 Å². The van der Waals surface area contributed by atoms with E-state index in [1.54, 1.807) is 0 Å². The average molecular weight is 249 g/mol. The van der Waals surface area contributed by atoms with Gasteiger partial charge >= 0.3 is 5.97 Å². The lowest BCUT2D eigenvalue weighted by Gasteiger charge is -2.16. The molecule has 2 atom stereocenters. The molecule has 1 heterocycles. The van der Waals surface area contributed by atoms with E-state index in [-0.39, 0.29) is 29.4 Å². The van der Waals surface area contributed by atoms with Crippen molar-refractivity contribution < 1.29 is 17.9 Å². The molecule has 1 rings (SSSR count). The van der Waals surface area contributed by atoms with Crippen LogP contribution in [0.25, 0.3) is 0 Å². The van der Waals surface area contributed by atoms with Crippen LogP contribution in [-0.4, -0.2) is 45.6 Å². The Kier molecular flexibility index (Phi) is 4.73. The molecule has 1 aliphatic rings. The number of rotatable bonds is 5. The van der Waals surface area contributed by atoms with Crippen LogP contribution in [0.4, 0.5) is 0 Å². The first-order valence-electron chi connectivity index (χ1n) is 5.50. The highest BCUT2D eigenvalue weighted by Crippen LogP contribution is 2.17. The first kappa shape index (κ1) is 13.4. The maximum atomic E-state index is 11.3. The predicted molar refractivity (Wildman–Crippen MR) is 60.9 cm³/mol. The second-order valence-corrected chi connectivity index (χ2v) is 6.39. The van der Waals surface area contributed by atoms with Crippen LogP contribution in [0.15, 0.2) is 0 Å². The highest BCUT2D eigenvalue weighted by molar-refractivity contribution is 7.91. The number of sulfone groups is 1. The van der Waals surface area contributed by atoms with Crippen molar-refractivity contribution in [1.29, 1.82) is 0 Å². The third-order valence-corrected chi connectivity index (χ3v) is 4.71. The fourth-order valence-corrected chi connectivity index (χ4v) is 3.74. The molecule has 0 spiro atoms. The van der Waals surface area contributed by atoms with Gasteiger partial charge in [-0.05, 0) is 25.3 Å². The number of nitrogens with one attached hydrogen (secondary N) is 1. The monoisotopic (exact) mass is 249 g/mol. The molecule has 16 heavy (non-hydrogen) atoms. The first-order chi connectivity index (χ1) is 7.48. The van der Waals surface area contributed by atoms with Crippen molar-refractivity contribution >= 4 is 15.8 Å². The minimum Gasteiger partial charge on any atom is -0.468 e. The van der Waals surface area contributed by atoms with Crippen LogP contribution < -0.4 is 5.32 Å². The number of esters is 1. The maximum Gasteiger partial charge on any atom is 0.322 e. The SMILES string of the molecule is CCC(NCC1CCS(=O)(=O)C1)C(=O)OC. The Morgan fingerprint density at radius 1 is 1.56 bits per heavy atom. The average Bonchev–Trinajstić information content (AvgIpc) is 2.58. The summed E-state index contributed by atoms with van der Waals surface area (Å²) in [7, 11) is -1.48. The van der Waals surface area contributed by atoms with Crippen LogP contribution in [0.2, 0.25) is 0 Å². The second-order valence-electron chi connectivity index (χ2n) is 4.16. The van der Waals surface area contributed by atoms with E-state index in [0.29, 0.717) is 19.4 Å². The zero-order chi connectivity index (χ0) is 12.2. The Balaban J connectivity index is 2.37. The molecule has 1 fully saturated rings. The molecule has 5 nitrogen and oxygen atoms in total. The Labute approximate surface area is 96.5 Å². The third kappa shape index (κ3) is 3.75. The molecular formula is C10H19NO4S. The van der Waals surface area contributed by atoms with Crippen LogP contribution in [0.5, 0.6) is 0 Å². The van der Waals surface area contributed by atoms with Gasteiger partial charge in [-0.1, -0.05) is 6.92 Å². The molecule has 94 valence electrons. The van der Waals surface area contributed by atoms with E-state index in [9.17, 15) is 13.2 Å². The molecule has 0 aromatic heterocycles. The molecule has 6 heteroatoms. The van der Waals surface area contributed by atoms with Gasteiger partial charge in [-0.3, -0.25) is 4.79 Å². The van der Waals surface area contributed by atoms with Gasteiger partial charge in [-0.2, -0.15) is 0 Å². The number of hydrogen-bond donors (Lipinski definition) is 1. The molecule has 0 aromatic rings. The number of ether oxygens (including phenoxy) is 1. The Morgan fingerprint density at radius 3 is 2.69 bits per heavy atom. The van der Waals surface area contributed by atoms with Crippen molar-refractivity contribution in [3.63, 3.8) is 0 Å². The van der Waals surface area contributed by atoms with E-state index in [1.807, 2.05) is 6.92 Å². The maximum absolute atomic E-state index is 11.3. The Morgan fingerprint density at radius 2 is 2.25 bits per heavy atom. The summed E-state index contributed by atoms with van der Waals surface area (Å²) in [5.74, 6) is 0.346. The normalized spacial score (nSPS) is 25.2. The molecule has 0 amide bonds. The Hall–Kier alpha value is -0.620. The summed E-state index contributed by atoms with van der Waals surface area (Å²) in [6.07, 6.45) is 1.33. The van der Waals surface area contributed by atoms with Crippen LogP contribution in [-0.2, 0) is 19.4 Å². The molecule has 1 N–H and O–H groups in total. The van der Waals surface area contributed by atoms with E-state index in [1.165, 1.54) is 7.11 Å². The van der Waals surface area contributed by atoms with Crippen molar-refractivity contribution in [3.05, 3.63) is 0 Å². The summed E-state index contributed by atoms with van der Waals surface area (Å²) in [5, 5.41) is 3.06. The van der Waals surface area contributed by atoms with Gasteiger partial charge in [0.05, 0.1) is 18.6 Å². The van der Waals surface area contributed by atoms with E-state index >= 15 is 0 Å². The van der Waals surface area contributed by atoms with Crippen molar-refractivity contribution in [2.75, 3.05) is 25.2 Å². The summed E-state index contributed by atoms with van der Waals surface area (Å²) in [5.41, 5.74) is 0. The van der Waals surface area contributed by atoms with Crippen molar-refractivity contribution in [2.45, 2.75) is 25.8 Å². The number of hydrogen-bond acceptors (Lipinski definition) is 5. The quantitative estimate of drug-likeness (QED) is 0.692. The summed E-state index contributed by atoms with van der Waals surface area (Å²) >= 11 is 0. The van der Waals surface area contributed by atoms with Crippen LogP contribution >= 0.6 is 0 Å². The molecule has 0 aromatic carbocycles. The Bertz CT molecular complexity index is 339. The predicted octanol–water partition coefficient (Wildman–Crippen LogP) is -0.0377. The van der Waals surface area contributed by atoms with Gasteiger partial charge < -0.3 is 10.1 Å². The van der Waals surface area contributed by atoms with Gasteiger partial charge in [0, 0.05) is 0 Å². The van der Waals surface area contributed by atoms with E-state index in [4.69, 9.17) is 0 Å². The van der Waals surface area contributed by atoms with Gasteiger partial charge in [0.2, 0.25) is 0 Å². The molecule has 1 aliphatic heterocycles. The summed E-state index contributed by atoms with van der Waals surface area (Å²) in [6, 6.07) is -0.326. The molecule has 2 unspecified atom stereocenters. The van der Waals surface area contributed by atoms with E-state index in [0.717, 1.165) is 0 Å². The minimum atomic E-state index is -2.83. The number of carbonyl (C=O) groups excluding carboxylic acids is 1. The van der Waals surface area contributed by atoms with Crippen molar-refractivity contribution in [3.8, 4) is 0 Å². The highest BCUT2D eigenvalue weighted by atomic mass is 32.2. The fraction of sp³-hybridized carbons (Fsp3) is 0.900. The summed E-state index contributed by atoms with van der Waals surface area (Å²) in [6.45, 7) is 2.45. The lowest BCUT2D eigenvalue weighted by molar-refractivity contribution is -0.143. The number of carbonyl (C=O) groups is 1. The lowest BCUT2D eigenvalue weighted by Crippen LogP contribution is -2.40. The van der Waals surface area contributed by atoms with Gasteiger partial charge in [0.25, 0.3) is 0 Å². The zero-order valence-corrected chi connectivity index (χ0v) is 10.5. The molecule has 0 bridgehead atoms. The number of methoxy groups -OCH3 is 1. The van der Waals surface area contributed by atoms with Crippen molar-refractivity contribution in [1.82, 2.24) is 5.32 Å². The van der Waals surface area contributed by atoms with E-state index < -0.39 is 9.84 Å². The second kappa shape index (κ2) is 5.63. The zero-order valence-electron chi connectivity index (χ0n) is 9.73. The smallest absolute Gasteiger partial charge is 0.322 e. The molecule has 1 saturated heterocycles. The highest BCUT2D eigenvalue weighted by Gasteiger charge is 2.28. The van der Waals surface area contributed by atoms with Crippen molar-refractivity contribution in [2.24, 2.45) is 5.92 Å². The van der Waals surface area contributed by atoms with E-state index in [2.05, 4.69) is 10.1 Å². The molecule has 0 aliphatic carbocycles. The standard InChI is InChI=1S/C10H19NO4S/c1-3-9(10(12)15-2)11-6-8-4-5-16(13,14)7-8/h8-9,11H,3-7H2,1-2H3.